The Labute approximate surface area is 254 Å². The van der Waals surface area contributed by atoms with Crippen LogP contribution in [-0.4, -0.2) is 80.6 Å². The lowest BCUT2D eigenvalue weighted by atomic mass is 9.93. The van der Waals surface area contributed by atoms with Gasteiger partial charge in [0.15, 0.2) is 4.96 Å². The summed E-state index contributed by atoms with van der Waals surface area (Å²) in [5.74, 6) is 1.71. The number of carbonyl (C=O) groups excluding carboxylic acids is 1. The first-order chi connectivity index (χ1) is 20.8. The van der Waals surface area contributed by atoms with Crippen molar-refractivity contribution in [1.29, 1.82) is 0 Å². The van der Waals surface area contributed by atoms with Crippen LogP contribution in [0.3, 0.4) is 0 Å². The van der Waals surface area contributed by atoms with Gasteiger partial charge in [0.25, 0.3) is 0 Å². The van der Waals surface area contributed by atoms with E-state index in [9.17, 15) is 4.79 Å². The van der Waals surface area contributed by atoms with Gasteiger partial charge in [0.1, 0.15) is 21.9 Å². The average Bonchev–Trinajstić information content (AvgIpc) is 3.73. The lowest BCUT2D eigenvalue weighted by Crippen LogP contribution is -2.49. The Kier molecular flexibility index (Phi) is 7.48. The zero-order valence-electron chi connectivity index (χ0n) is 25.0. The molecule has 10 nitrogen and oxygen atoms in total. The first-order valence-corrected chi connectivity index (χ1v) is 15.9. The molecule has 0 saturated carbocycles. The Balaban J connectivity index is 0.994. The monoisotopic (exact) mass is 599 g/mol. The number of anilines is 1. The molecule has 2 fully saturated rings. The number of thiazole rings is 1. The van der Waals surface area contributed by atoms with Crippen LogP contribution < -0.4 is 4.90 Å². The molecule has 4 aromatic heterocycles. The number of hydrogen-bond donors (Lipinski definition) is 0. The van der Waals surface area contributed by atoms with Gasteiger partial charge in [-0.05, 0) is 18.4 Å². The summed E-state index contributed by atoms with van der Waals surface area (Å²) < 4.78 is 13.0. The second-order valence-corrected chi connectivity index (χ2v) is 13.6. The highest BCUT2D eigenvalue weighted by atomic mass is 32.1. The van der Waals surface area contributed by atoms with Crippen LogP contribution in [0, 0.1) is 0 Å². The molecule has 2 aliphatic heterocycles. The third kappa shape index (κ3) is 5.93. The van der Waals surface area contributed by atoms with E-state index in [0.717, 1.165) is 96.1 Å². The van der Waals surface area contributed by atoms with Crippen LogP contribution in [0.15, 0.2) is 47.2 Å². The third-order valence-electron chi connectivity index (χ3n) is 8.48. The highest BCUT2D eigenvalue weighted by Gasteiger charge is 2.27. The molecule has 6 heterocycles. The second-order valence-electron chi connectivity index (χ2n) is 12.6. The van der Waals surface area contributed by atoms with E-state index < -0.39 is 0 Å². The minimum Gasteiger partial charge on any atom is -0.379 e. The summed E-state index contributed by atoms with van der Waals surface area (Å²) in [5, 5.41) is 4.08. The first kappa shape index (κ1) is 28.1. The summed E-state index contributed by atoms with van der Waals surface area (Å²) in [6, 6.07) is 10.6. The smallest absolute Gasteiger partial charge is 0.226 e. The molecular formula is C32H37N7O3S. The lowest BCUT2D eigenvalue weighted by Gasteiger charge is -2.40. The minimum atomic E-state index is -0.130. The highest BCUT2D eigenvalue weighted by Crippen LogP contribution is 2.30. The number of fused-ring (bicyclic) bond motifs is 3. The van der Waals surface area contributed by atoms with Crippen LogP contribution in [-0.2, 0) is 27.8 Å². The Morgan fingerprint density at radius 2 is 1.79 bits per heavy atom. The summed E-state index contributed by atoms with van der Waals surface area (Å²) >= 11 is 1.59. The molecule has 0 unspecified atom stereocenters. The number of benzene rings is 1. The number of ether oxygens (including phenoxy) is 1. The lowest BCUT2D eigenvalue weighted by molar-refractivity contribution is -0.117. The van der Waals surface area contributed by atoms with E-state index in [2.05, 4.69) is 40.1 Å². The van der Waals surface area contributed by atoms with Gasteiger partial charge in [0, 0.05) is 61.9 Å². The molecule has 0 N–H and O–H groups in total. The number of piperidine rings is 1. The Morgan fingerprint density at radius 3 is 2.51 bits per heavy atom. The maximum absolute atomic E-state index is 12.7. The van der Waals surface area contributed by atoms with Crippen LogP contribution in [0.1, 0.15) is 50.6 Å². The summed E-state index contributed by atoms with van der Waals surface area (Å²) in [7, 11) is 0. The zero-order valence-corrected chi connectivity index (χ0v) is 25.8. The van der Waals surface area contributed by atoms with Gasteiger partial charge in [0.2, 0.25) is 5.95 Å². The molecule has 0 radical (unpaired) electrons. The molecule has 224 valence electrons. The summed E-state index contributed by atoms with van der Waals surface area (Å²) in [6.07, 6.45) is 6.85. The predicted molar refractivity (Wildman–Crippen MR) is 167 cm³/mol. The number of rotatable bonds is 7. The maximum Gasteiger partial charge on any atom is 0.226 e. The van der Waals surface area contributed by atoms with Crippen molar-refractivity contribution in [2.45, 2.75) is 57.9 Å². The van der Waals surface area contributed by atoms with E-state index in [1.165, 1.54) is 0 Å². The fraction of sp³-hybridized carbons (Fsp3) is 0.469. The number of carbonyl (C=O) groups is 1. The van der Waals surface area contributed by atoms with E-state index >= 15 is 0 Å². The Morgan fingerprint density at radius 1 is 1.02 bits per heavy atom. The second kappa shape index (κ2) is 11.4. The molecule has 0 spiro atoms. The van der Waals surface area contributed by atoms with Crippen molar-refractivity contribution in [3.63, 3.8) is 0 Å². The fourth-order valence-electron chi connectivity index (χ4n) is 5.98. The maximum atomic E-state index is 12.7. The Bertz CT molecular complexity index is 1740. The van der Waals surface area contributed by atoms with Crippen molar-refractivity contribution in [3.8, 4) is 11.3 Å². The van der Waals surface area contributed by atoms with Crippen LogP contribution in [0.5, 0.6) is 0 Å². The summed E-state index contributed by atoms with van der Waals surface area (Å²) in [6.45, 7) is 11.9. The molecule has 0 aliphatic carbocycles. The van der Waals surface area contributed by atoms with Crippen molar-refractivity contribution in [2.75, 3.05) is 44.3 Å². The normalized spacial score (nSPS) is 17.3. The van der Waals surface area contributed by atoms with Gasteiger partial charge in [-0.2, -0.15) is 0 Å². The van der Waals surface area contributed by atoms with Gasteiger partial charge in [-0.1, -0.05) is 61.5 Å². The molecule has 1 aromatic carbocycles. The van der Waals surface area contributed by atoms with E-state index in [1.54, 1.807) is 11.3 Å². The number of hydrogen-bond acceptors (Lipinski definition) is 10. The number of imidazole rings is 1. The van der Waals surface area contributed by atoms with Crippen molar-refractivity contribution in [2.24, 2.45) is 0 Å². The largest absolute Gasteiger partial charge is 0.379 e. The SMILES string of the molecule is CC(C)(C)c1cc(CC(=O)Cc2ccc(-c3cn4c(n3)sc3nc(N5CCC(N6CCOCC6)CC5)ncc34)cc2)no1. The molecule has 5 aromatic rings. The van der Waals surface area contributed by atoms with Gasteiger partial charge in [0.05, 0.1) is 37.2 Å². The van der Waals surface area contributed by atoms with Crippen molar-refractivity contribution >= 4 is 38.4 Å². The number of nitrogens with zero attached hydrogens (tertiary/aromatic N) is 7. The van der Waals surface area contributed by atoms with Gasteiger partial charge >= 0.3 is 0 Å². The van der Waals surface area contributed by atoms with E-state index in [4.69, 9.17) is 24.2 Å². The molecule has 0 bridgehead atoms. The average molecular weight is 600 g/mol. The van der Waals surface area contributed by atoms with E-state index in [0.29, 0.717) is 18.2 Å². The van der Waals surface area contributed by atoms with Crippen LogP contribution in [0.25, 0.3) is 26.6 Å². The van der Waals surface area contributed by atoms with Crippen LogP contribution >= 0.6 is 11.3 Å². The van der Waals surface area contributed by atoms with Crippen LogP contribution in [0.4, 0.5) is 5.95 Å². The zero-order chi connectivity index (χ0) is 29.6. The van der Waals surface area contributed by atoms with E-state index in [1.807, 2.05) is 42.7 Å². The van der Waals surface area contributed by atoms with Gasteiger partial charge < -0.3 is 14.2 Å². The standard InChI is InChI=1S/C32H37N7O3S/c1-32(2,3)28-18-23(36-42-28)17-25(40)16-21-4-6-22(7-5-21)26-20-39-27-19-33-30(35-29(27)43-31(39)34-26)38-10-8-24(9-11-38)37-12-14-41-15-13-37/h4-7,18-20,24H,8-17H2,1-3H3. The highest BCUT2D eigenvalue weighted by molar-refractivity contribution is 7.23. The summed E-state index contributed by atoms with van der Waals surface area (Å²) in [5.41, 5.74) is 4.38. The van der Waals surface area contributed by atoms with Crippen molar-refractivity contribution in [3.05, 3.63) is 59.7 Å². The van der Waals surface area contributed by atoms with Crippen molar-refractivity contribution < 1.29 is 14.1 Å². The molecule has 43 heavy (non-hydrogen) atoms. The topological polar surface area (TPSA) is 102 Å². The number of aromatic nitrogens is 5. The molecule has 0 amide bonds. The first-order valence-electron chi connectivity index (χ1n) is 15.1. The molecule has 2 aliphatic rings. The molecular weight excluding hydrogens is 562 g/mol. The fourth-order valence-corrected chi connectivity index (χ4v) is 6.93. The van der Waals surface area contributed by atoms with Gasteiger partial charge in [-0.3, -0.25) is 14.1 Å². The van der Waals surface area contributed by atoms with Gasteiger partial charge in [-0.15, -0.1) is 0 Å². The minimum absolute atomic E-state index is 0.108. The quantitative estimate of drug-likeness (QED) is 0.257. The summed E-state index contributed by atoms with van der Waals surface area (Å²) in [4.78, 5) is 34.0. The van der Waals surface area contributed by atoms with E-state index in [-0.39, 0.29) is 17.6 Å². The predicted octanol–water partition coefficient (Wildman–Crippen LogP) is 4.95. The number of Topliss-reactive ketones (excluding diaryl/α,β-unsaturated/α-hetero) is 1. The van der Waals surface area contributed by atoms with Crippen molar-refractivity contribution in [1.82, 2.24) is 29.4 Å². The van der Waals surface area contributed by atoms with Gasteiger partial charge in [-0.25, -0.2) is 15.0 Å². The molecule has 7 rings (SSSR count). The Hall–Kier alpha value is -3.67. The molecule has 2 saturated heterocycles. The van der Waals surface area contributed by atoms with Crippen LogP contribution in [0.2, 0.25) is 0 Å². The number of morpholine rings is 1. The molecule has 0 atom stereocenters. The number of ketones is 1. The molecule has 11 heteroatoms. The third-order valence-corrected chi connectivity index (χ3v) is 9.45.